The van der Waals surface area contributed by atoms with E-state index in [2.05, 4.69) is 15.2 Å². The fraction of sp³-hybridized carbons (Fsp3) is 0.143. The second kappa shape index (κ2) is 8.47. The molecule has 1 amide bonds. The van der Waals surface area contributed by atoms with Crippen molar-refractivity contribution in [2.24, 2.45) is 0 Å². The number of amides is 1. The zero-order chi connectivity index (χ0) is 20.1. The number of aromatic nitrogens is 2. The Morgan fingerprint density at radius 2 is 1.86 bits per heavy atom. The second-order valence-corrected chi connectivity index (χ2v) is 6.13. The number of carbonyl (C=O) groups excluding carboxylic acids is 1. The number of nitrogens with zero attached hydrogens (tertiary/aromatic N) is 2. The van der Waals surface area contributed by atoms with Gasteiger partial charge in [0.15, 0.2) is 0 Å². The molecular weight excluding hydrogens is 364 g/mol. The summed E-state index contributed by atoms with van der Waals surface area (Å²) in [5.41, 5.74) is 3.93. The number of para-hydroxylation sites is 2. The van der Waals surface area contributed by atoms with Crippen molar-refractivity contribution >= 4 is 17.7 Å². The number of nitrogens with one attached hydrogen (secondary N) is 1. The molecule has 1 aromatic heterocycles. The molecular formula is C21H19F2N3O2. The molecule has 1 heterocycles. The third-order valence-corrected chi connectivity index (χ3v) is 3.93. The van der Waals surface area contributed by atoms with E-state index >= 15 is 0 Å². The van der Waals surface area contributed by atoms with Crippen LogP contribution in [0.3, 0.4) is 0 Å². The van der Waals surface area contributed by atoms with Crippen LogP contribution in [0, 0.1) is 13.8 Å². The Morgan fingerprint density at radius 1 is 1.14 bits per heavy atom. The Bertz CT molecular complexity index is 995. The Morgan fingerprint density at radius 3 is 2.50 bits per heavy atom. The number of hydrogen-bond acceptors (Lipinski definition) is 3. The molecule has 3 aromatic rings. The van der Waals surface area contributed by atoms with Crippen LogP contribution < -0.4 is 10.1 Å². The third kappa shape index (κ3) is 4.82. The molecule has 0 aliphatic heterocycles. The summed E-state index contributed by atoms with van der Waals surface area (Å²) in [7, 11) is 0. The van der Waals surface area contributed by atoms with Crippen molar-refractivity contribution in [3.05, 3.63) is 77.6 Å². The molecule has 28 heavy (non-hydrogen) atoms. The highest BCUT2D eigenvalue weighted by Crippen LogP contribution is 2.22. The Labute approximate surface area is 161 Å². The predicted octanol–water partition coefficient (Wildman–Crippen LogP) is 4.74. The van der Waals surface area contributed by atoms with Crippen LogP contribution in [-0.4, -0.2) is 22.3 Å². The summed E-state index contributed by atoms with van der Waals surface area (Å²) in [6, 6.07) is 15.4. The molecule has 0 unspecified atom stereocenters. The summed E-state index contributed by atoms with van der Waals surface area (Å²) in [5.74, 6) is -0.252. The van der Waals surface area contributed by atoms with Crippen LogP contribution in [-0.2, 0) is 4.79 Å². The number of halogens is 2. The van der Waals surface area contributed by atoms with E-state index in [0.29, 0.717) is 11.3 Å². The van der Waals surface area contributed by atoms with Gasteiger partial charge < -0.3 is 10.1 Å². The van der Waals surface area contributed by atoms with E-state index < -0.39 is 6.61 Å². The second-order valence-electron chi connectivity index (χ2n) is 6.13. The molecule has 1 N–H and O–H groups in total. The number of alkyl halides is 2. The van der Waals surface area contributed by atoms with Crippen LogP contribution in [0.2, 0.25) is 0 Å². The van der Waals surface area contributed by atoms with Gasteiger partial charge in [0.1, 0.15) is 5.75 Å². The van der Waals surface area contributed by atoms with Crippen LogP contribution in [0.1, 0.15) is 17.0 Å². The number of anilines is 1. The lowest BCUT2D eigenvalue weighted by Gasteiger charge is -2.11. The number of benzene rings is 2. The van der Waals surface area contributed by atoms with E-state index in [1.165, 1.54) is 18.2 Å². The zero-order valence-electron chi connectivity index (χ0n) is 15.4. The fourth-order valence-electron chi connectivity index (χ4n) is 2.74. The molecule has 2 aromatic carbocycles. The lowest BCUT2D eigenvalue weighted by atomic mass is 10.2. The highest BCUT2D eigenvalue weighted by molar-refractivity contribution is 6.03. The van der Waals surface area contributed by atoms with Crippen molar-refractivity contribution in [3.8, 4) is 11.4 Å². The van der Waals surface area contributed by atoms with Crippen LogP contribution in [0.5, 0.6) is 5.75 Å². The molecule has 5 nitrogen and oxygen atoms in total. The van der Waals surface area contributed by atoms with Gasteiger partial charge in [0.25, 0.3) is 0 Å². The van der Waals surface area contributed by atoms with Gasteiger partial charge >= 0.3 is 6.61 Å². The monoisotopic (exact) mass is 383 g/mol. The fourth-order valence-corrected chi connectivity index (χ4v) is 2.74. The Hall–Kier alpha value is -3.48. The molecule has 0 fully saturated rings. The molecule has 0 saturated heterocycles. The average Bonchev–Trinajstić information content (AvgIpc) is 2.99. The van der Waals surface area contributed by atoms with Gasteiger partial charge in [-0.3, -0.25) is 4.79 Å². The smallest absolute Gasteiger partial charge is 0.387 e. The first-order valence-electron chi connectivity index (χ1n) is 8.59. The highest BCUT2D eigenvalue weighted by Gasteiger charge is 2.10. The van der Waals surface area contributed by atoms with E-state index in [4.69, 9.17) is 0 Å². The van der Waals surface area contributed by atoms with Gasteiger partial charge in [-0.05, 0) is 55.8 Å². The first-order valence-corrected chi connectivity index (χ1v) is 8.59. The highest BCUT2D eigenvalue weighted by atomic mass is 19.3. The van der Waals surface area contributed by atoms with E-state index in [1.54, 1.807) is 29.0 Å². The predicted molar refractivity (Wildman–Crippen MR) is 104 cm³/mol. The van der Waals surface area contributed by atoms with Crippen molar-refractivity contribution in [3.63, 3.8) is 0 Å². The van der Waals surface area contributed by atoms with Crippen molar-refractivity contribution < 1.29 is 18.3 Å². The molecule has 0 aliphatic carbocycles. The molecule has 3 rings (SSSR count). The molecule has 0 spiro atoms. The molecule has 0 radical (unpaired) electrons. The van der Waals surface area contributed by atoms with E-state index in [1.807, 2.05) is 38.1 Å². The average molecular weight is 383 g/mol. The van der Waals surface area contributed by atoms with Gasteiger partial charge in [0.2, 0.25) is 5.91 Å². The number of rotatable bonds is 6. The summed E-state index contributed by atoms with van der Waals surface area (Å²) in [6.45, 7) is 0.986. The van der Waals surface area contributed by atoms with Crippen molar-refractivity contribution in [2.75, 3.05) is 5.32 Å². The van der Waals surface area contributed by atoms with Gasteiger partial charge in [-0.1, -0.05) is 24.3 Å². The quantitative estimate of drug-likeness (QED) is 0.626. The van der Waals surface area contributed by atoms with Crippen LogP contribution >= 0.6 is 0 Å². The lowest BCUT2D eigenvalue weighted by Crippen LogP contribution is -2.11. The van der Waals surface area contributed by atoms with Crippen LogP contribution in [0.25, 0.3) is 11.8 Å². The summed E-state index contributed by atoms with van der Waals surface area (Å²) >= 11 is 0. The normalized spacial score (nSPS) is 11.2. The summed E-state index contributed by atoms with van der Waals surface area (Å²) in [4.78, 5) is 12.3. The lowest BCUT2D eigenvalue weighted by molar-refractivity contribution is -0.111. The minimum absolute atomic E-state index is 0.0652. The molecule has 0 bridgehead atoms. The Balaban J connectivity index is 1.72. The van der Waals surface area contributed by atoms with Crippen LogP contribution in [0.4, 0.5) is 14.5 Å². The number of ether oxygens (including phenoxy) is 1. The van der Waals surface area contributed by atoms with E-state index in [-0.39, 0.29) is 11.7 Å². The summed E-state index contributed by atoms with van der Waals surface area (Å²) in [5, 5.41) is 7.30. The minimum atomic E-state index is -2.87. The number of carbonyl (C=O) groups is 1. The van der Waals surface area contributed by atoms with Gasteiger partial charge in [-0.2, -0.15) is 13.9 Å². The van der Waals surface area contributed by atoms with E-state index in [0.717, 1.165) is 17.1 Å². The largest absolute Gasteiger partial charge is 0.435 e. The maximum absolute atomic E-state index is 12.3. The maximum Gasteiger partial charge on any atom is 0.387 e. The van der Waals surface area contributed by atoms with Gasteiger partial charge in [0, 0.05) is 11.8 Å². The third-order valence-electron chi connectivity index (χ3n) is 3.93. The molecule has 0 saturated carbocycles. The number of aryl methyl sites for hydroxylation is 2. The molecule has 0 atom stereocenters. The standard InChI is InChI=1S/C21H19F2N3O2/c1-14-13-15(2)26(25-14)19-6-4-3-5-18(19)24-20(27)12-9-16-7-10-17(11-8-16)28-21(22)23/h3-13,21H,1-2H3,(H,24,27)/b12-9+. The first kappa shape index (κ1) is 19.3. The maximum atomic E-state index is 12.3. The summed E-state index contributed by atoms with van der Waals surface area (Å²) in [6.07, 6.45) is 2.97. The molecule has 0 aliphatic rings. The Kier molecular flexibility index (Phi) is 5.84. The van der Waals surface area contributed by atoms with Gasteiger partial charge in [0.05, 0.1) is 17.1 Å². The summed E-state index contributed by atoms with van der Waals surface area (Å²) < 4.78 is 30.4. The molecule has 7 heteroatoms. The van der Waals surface area contributed by atoms with Gasteiger partial charge in [-0.15, -0.1) is 0 Å². The van der Waals surface area contributed by atoms with E-state index in [9.17, 15) is 13.6 Å². The zero-order valence-corrected chi connectivity index (χ0v) is 15.4. The van der Waals surface area contributed by atoms with Crippen molar-refractivity contribution in [1.82, 2.24) is 9.78 Å². The van der Waals surface area contributed by atoms with Crippen molar-refractivity contribution in [2.45, 2.75) is 20.5 Å². The van der Waals surface area contributed by atoms with Crippen molar-refractivity contribution in [1.29, 1.82) is 0 Å². The van der Waals surface area contributed by atoms with Crippen LogP contribution in [0.15, 0.2) is 60.7 Å². The molecule has 144 valence electrons. The number of hydrogen-bond donors (Lipinski definition) is 1. The SMILES string of the molecule is Cc1cc(C)n(-c2ccccc2NC(=O)/C=C/c2ccc(OC(F)F)cc2)n1. The first-order chi connectivity index (χ1) is 13.4. The minimum Gasteiger partial charge on any atom is -0.435 e. The van der Waals surface area contributed by atoms with Gasteiger partial charge in [-0.25, -0.2) is 4.68 Å². The topological polar surface area (TPSA) is 56.2 Å².